The lowest BCUT2D eigenvalue weighted by Gasteiger charge is -2.52. The van der Waals surface area contributed by atoms with Crippen LogP contribution in [0.1, 0.15) is 47.0 Å². The van der Waals surface area contributed by atoms with Crippen LogP contribution in [-0.4, -0.2) is 43.4 Å². The second-order valence-electron chi connectivity index (χ2n) is 8.50. The van der Waals surface area contributed by atoms with Crippen LogP contribution in [-0.2, 0) is 4.74 Å². The highest BCUT2D eigenvalue weighted by molar-refractivity contribution is 5.75. The first kappa shape index (κ1) is 19.0. The molecule has 2 aliphatic rings. The topological polar surface area (TPSA) is 53.6 Å². The van der Waals surface area contributed by atoms with E-state index in [1.54, 1.807) is 0 Å². The Balaban J connectivity index is 1.41. The molecule has 1 saturated carbocycles. The first-order chi connectivity index (χ1) is 12.4. The van der Waals surface area contributed by atoms with E-state index in [1.165, 1.54) is 5.69 Å². The summed E-state index contributed by atoms with van der Waals surface area (Å²) in [6, 6.07) is 10.9. The van der Waals surface area contributed by atoms with Crippen LogP contribution >= 0.6 is 0 Å². The van der Waals surface area contributed by atoms with Crippen molar-refractivity contribution in [3.63, 3.8) is 0 Å². The summed E-state index contributed by atoms with van der Waals surface area (Å²) in [5.74, 6) is 0. The van der Waals surface area contributed by atoms with Gasteiger partial charge in [0, 0.05) is 36.3 Å². The van der Waals surface area contributed by atoms with E-state index in [9.17, 15) is 4.79 Å². The van der Waals surface area contributed by atoms with Gasteiger partial charge in [-0.3, -0.25) is 0 Å². The number of nitrogens with one attached hydrogen (secondary N) is 2. The molecule has 0 aromatic heterocycles. The number of carbonyl (C=O) groups is 1. The normalized spacial score (nSPS) is 25.7. The van der Waals surface area contributed by atoms with Gasteiger partial charge in [-0.25, -0.2) is 4.79 Å². The van der Waals surface area contributed by atoms with Crippen LogP contribution in [0.15, 0.2) is 30.3 Å². The molecule has 1 aliphatic carbocycles. The number of carbonyl (C=O) groups excluding carboxylic acids is 1. The number of anilines is 1. The maximum absolute atomic E-state index is 12.4. The number of piperidine rings is 1. The molecule has 2 unspecified atom stereocenters. The molecule has 26 heavy (non-hydrogen) atoms. The summed E-state index contributed by atoms with van der Waals surface area (Å²) >= 11 is 0. The molecule has 1 aromatic carbocycles. The van der Waals surface area contributed by atoms with Crippen LogP contribution in [0.2, 0.25) is 0 Å². The summed E-state index contributed by atoms with van der Waals surface area (Å²) in [5.41, 5.74) is 1.25. The maximum atomic E-state index is 12.4. The van der Waals surface area contributed by atoms with Crippen LogP contribution in [0.3, 0.4) is 0 Å². The Labute approximate surface area is 157 Å². The summed E-state index contributed by atoms with van der Waals surface area (Å²) in [7, 11) is 0. The molecule has 2 N–H and O–H groups in total. The zero-order chi connectivity index (χ0) is 18.7. The Hall–Kier alpha value is -1.75. The number of nitrogens with zero attached hydrogens (tertiary/aromatic N) is 1. The summed E-state index contributed by atoms with van der Waals surface area (Å²) in [5, 5.41) is 6.32. The third-order valence-corrected chi connectivity index (χ3v) is 5.87. The molecule has 2 atom stereocenters. The average molecular weight is 360 g/mol. The fraction of sp³-hybridized carbons (Fsp3) is 0.667. The van der Waals surface area contributed by atoms with E-state index in [0.29, 0.717) is 0 Å². The molecule has 1 aliphatic heterocycles. The van der Waals surface area contributed by atoms with Crippen molar-refractivity contribution in [3.8, 4) is 0 Å². The van der Waals surface area contributed by atoms with Gasteiger partial charge in [0.2, 0.25) is 0 Å². The molecule has 2 fully saturated rings. The van der Waals surface area contributed by atoms with E-state index >= 15 is 0 Å². The number of rotatable bonds is 5. The predicted molar refractivity (Wildman–Crippen MR) is 106 cm³/mol. The van der Waals surface area contributed by atoms with Crippen LogP contribution in [0.25, 0.3) is 0 Å². The minimum Gasteiger partial charge on any atom is -0.375 e. The summed E-state index contributed by atoms with van der Waals surface area (Å²) in [4.78, 5) is 14.8. The Morgan fingerprint density at radius 2 is 1.81 bits per heavy atom. The zero-order valence-corrected chi connectivity index (χ0v) is 16.5. The Bertz CT molecular complexity index is 595. The highest BCUT2D eigenvalue weighted by Crippen LogP contribution is 2.43. The summed E-state index contributed by atoms with van der Waals surface area (Å²) in [6.07, 6.45) is 3.31. The number of benzene rings is 1. The molecular formula is C21H33N3O2. The van der Waals surface area contributed by atoms with Gasteiger partial charge < -0.3 is 20.3 Å². The van der Waals surface area contributed by atoms with Crippen LogP contribution in [0, 0.1) is 5.41 Å². The van der Waals surface area contributed by atoms with Crippen LogP contribution in [0.4, 0.5) is 10.5 Å². The number of amides is 2. The van der Waals surface area contributed by atoms with Crippen LogP contribution in [0.5, 0.6) is 0 Å². The molecule has 5 nitrogen and oxygen atoms in total. The van der Waals surface area contributed by atoms with Crippen molar-refractivity contribution in [1.29, 1.82) is 0 Å². The third-order valence-electron chi connectivity index (χ3n) is 5.87. The highest BCUT2D eigenvalue weighted by Gasteiger charge is 2.50. The molecule has 1 saturated heterocycles. The molecule has 2 amide bonds. The van der Waals surface area contributed by atoms with Gasteiger partial charge in [0.1, 0.15) is 0 Å². The van der Waals surface area contributed by atoms with Gasteiger partial charge in [-0.05, 0) is 45.2 Å². The highest BCUT2D eigenvalue weighted by atomic mass is 16.5. The molecule has 0 bridgehead atoms. The number of urea groups is 1. The molecule has 0 spiro atoms. The molecule has 0 radical (unpaired) electrons. The number of hydrogen-bond donors (Lipinski definition) is 2. The molecule has 144 valence electrons. The van der Waals surface area contributed by atoms with Gasteiger partial charge in [-0.2, -0.15) is 0 Å². The van der Waals surface area contributed by atoms with Crippen LogP contribution < -0.4 is 15.5 Å². The van der Waals surface area contributed by atoms with E-state index in [2.05, 4.69) is 67.5 Å². The summed E-state index contributed by atoms with van der Waals surface area (Å²) < 4.78 is 5.94. The Morgan fingerprint density at radius 1 is 1.15 bits per heavy atom. The molecule has 5 heteroatoms. The van der Waals surface area contributed by atoms with Crippen molar-refractivity contribution in [3.05, 3.63) is 30.3 Å². The Kier molecular flexibility index (Phi) is 5.76. The average Bonchev–Trinajstić information content (AvgIpc) is 2.62. The van der Waals surface area contributed by atoms with Crippen molar-refractivity contribution in [2.75, 3.05) is 18.0 Å². The number of ether oxygens (including phenoxy) is 1. The van der Waals surface area contributed by atoms with Crippen molar-refractivity contribution in [2.45, 2.75) is 71.2 Å². The standard InChI is InChI=1S/C21H33N3O2/c1-15(2)26-19-14-18(21(19,3)4)23-20(25)22-16-10-12-24(13-11-16)17-8-6-5-7-9-17/h5-9,15-16,18-19H,10-14H2,1-4H3,(H2,22,23,25). The van der Waals surface area contributed by atoms with E-state index < -0.39 is 0 Å². The minimum atomic E-state index is -0.0377. The predicted octanol–water partition coefficient (Wildman–Crippen LogP) is 3.55. The van der Waals surface area contributed by atoms with Gasteiger partial charge >= 0.3 is 6.03 Å². The van der Waals surface area contributed by atoms with Crippen molar-refractivity contribution in [2.24, 2.45) is 5.41 Å². The minimum absolute atomic E-state index is 0.0156. The fourth-order valence-electron chi connectivity index (χ4n) is 4.00. The van der Waals surface area contributed by atoms with E-state index in [0.717, 1.165) is 32.4 Å². The second-order valence-corrected chi connectivity index (χ2v) is 8.50. The monoisotopic (exact) mass is 359 g/mol. The van der Waals surface area contributed by atoms with Crippen molar-refractivity contribution in [1.82, 2.24) is 10.6 Å². The molecule has 1 aromatic rings. The summed E-state index contributed by atoms with van der Waals surface area (Å²) in [6.45, 7) is 10.4. The zero-order valence-electron chi connectivity index (χ0n) is 16.5. The van der Waals surface area contributed by atoms with Gasteiger partial charge in [-0.15, -0.1) is 0 Å². The lowest BCUT2D eigenvalue weighted by Crippen LogP contribution is -2.64. The molecule has 1 heterocycles. The fourth-order valence-corrected chi connectivity index (χ4v) is 4.00. The first-order valence-electron chi connectivity index (χ1n) is 9.88. The number of para-hydroxylation sites is 1. The lowest BCUT2D eigenvalue weighted by atomic mass is 9.64. The van der Waals surface area contributed by atoms with Gasteiger partial charge in [-0.1, -0.05) is 32.0 Å². The van der Waals surface area contributed by atoms with E-state index in [-0.39, 0.29) is 35.7 Å². The lowest BCUT2D eigenvalue weighted by molar-refractivity contribution is -0.135. The van der Waals surface area contributed by atoms with Gasteiger partial charge in [0.25, 0.3) is 0 Å². The van der Waals surface area contributed by atoms with E-state index in [4.69, 9.17) is 4.74 Å². The number of hydrogen-bond acceptors (Lipinski definition) is 3. The molecule has 3 rings (SSSR count). The SMILES string of the molecule is CC(C)OC1CC(NC(=O)NC2CCN(c3ccccc3)CC2)C1(C)C. The molecular weight excluding hydrogens is 326 g/mol. The quantitative estimate of drug-likeness (QED) is 0.845. The van der Waals surface area contributed by atoms with Gasteiger partial charge in [0.15, 0.2) is 0 Å². The first-order valence-corrected chi connectivity index (χ1v) is 9.88. The maximum Gasteiger partial charge on any atom is 0.315 e. The second kappa shape index (κ2) is 7.87. The van der Waals surface area contributed by atoms with Crippen molar-refractivity contribution >= 4 is 11.7 Å². The van der Waals surface area contributed by atoms with Gasteiger partial charge in [0.05, 0.1) is 12.2 Å². The van der Waals surface area contributed by atoms with E-state index in [1.807, 2.05) is 6.07 Å². The largest absolute Gasteiger partial charge is 0.375 e. The smallest absolute Gasteiger partial charge is 0.315 e. The Morgan fingerprint density at radius 3 is 2.38 bits per heavy atom. The van der Waals surface area contributed by atoms with Crippen molar-refractivity contribution < 1.29 is 9.53 Å². The third kappa shape index (κ3) is 4.32.